The molecule has 0 bridgehead atoms. The fourth-order valence-electron chi connectivity index (χ4n) is 2.50. The summed E-state index contributed by atoms with van der Waals surface area (Å²) in [5.74, 6) is 0.464. The highest BCUT2D eigenvalue weighted by Gasteiger charge is 2.29. The molecule has 0 fully saturated rings. The zero-order valence-corrected chi connectivity index (χ0v) is 14.9. The van der Waals surface area contributed by atoms with Crippen LogP contribution in [-0.4, -0.2) is 5.11 Å². The minimum absolute atomic E-state index is 0.0376. The lowest BCUT2D eigenvalue weighted by Crippen LogP contribution is -2.33. The quantitative estimate of drug-likeness (QED) is 0.656. The van der Waals surface area contributed by atoms with E-state index in [9.17, 15) is 13.2 Å². The summed E-state index contributed by atoms with van der Waals surface area (Å²) in [5.41, 5.74) is 0.952. The molecule has 2 N–H and O–H groups in total. The second-order valence-corrected chi connectivity index (χ2v) is 6.67. The van der Waals surface area contributed by atoms with Crippen LogP contribution < -0.4 is 10.6 Å². The third-order valence-corrected chi connectivity index (χ3v) is 3.90. The number of anilines is 1. The van der Waals surface area contributed by atoms with Crippen molar-refractivity contribution in [1.82, 2.24) is 5.32 Å². The second-order valence-electron chi connectivity index (χ2n) is 6.27. The molecule has 0 aliphatic rings. The number of alkyl halides is 3. The highest BCUT2D eigenvalue weighted by Crippen LogP contribution is 2.30. The summed E-state index contributed by atoms with van der Waals surface area (Å²) in [7, 11) is 0. The maximum Gasteiger partial charge on any atom is 0.416 e. The molecule has 0 saturated carbocycles. The van der Waals surface area contributed by atoms with Gasteiger partial charge in [-0.3, -0.25) is 0 Å². The van der Waals surface area contributed by atoms with Gasteiger partial charge in [0.1, 0.15) is 0 Å². The van der Waals surface area contributed by atoms with E-state index in [4.69, 9.17) is 12.2 Å². The van der Waals surface area contributed by atoms with E-state index in [1.54, 1.807) is 0 Å². The van der Waals surface area contributed by atoms with Crippen molar-refractivity contribution in [2.24, 2.45) is 5.92 Å². The topological polar surface area (TPSA) is 24.1 Å². The van der Waals surface area contributed by atoms with Crippen molar-refractivity contribution in [2.75, 3.05) is 5.32 Å². The second kappa shape index (κ2) is 8.34. The molecule has 1 unspecified atom stereocenters. The van der Waals surface area contributed by atoms with Gasteiger partial charge in [0.05, 0.1) is 11.6 Å². The fraction of sp³-hybridized carbons (Fsp3) is 0.316. The Morgan fingerprint density at radius 1 is 1.00 bits per heavy atom. The number of rotatable bonds is 5. The third kappa shape index (κ3) is 6.05. The van der Waals surface area contributed by atoms with Gasteiger partial charge in [-0.2, -0.15) is 13.2 Å². The number of hydrogen-bond donors (Lipinski definition) is 2. The summed E-state index contributed by atoms with van der Waals surface area (Å²) in [4.78, 5) is 0. The highest BCUT2D eigenvalue weighted by atomic mass is 32.1. The van der Waals surface area contributed by atoms with Crippen molar-refractivity contribution in [2.45, 2.75) is 32.5 Å². The van der Waals surface area contributed by atoms with E-state index in [1.807, 2.05) is 30.3 Å². The number of thiocarbonyl (C=S) groups is 1. The Labute approximate surface area is 151 Å². The number of nitrogens with one attached hydrogen (secondary N) is 2. The summed E-state index contributed by atoms with van der Waals surface area (Å²) in [6.45, 7) is 4.26. The lowest BCUT2D eigenvalue weighted by Gasteiger charge is -2.23. The van der Waals surface area contributed by atoms with Gasteiger partial charge in [0.15, 0.2) is 5.11 Å². The number of hydrogen-bond acceptors (Lipinski definition) is 1. The van der Waals surface area contributed by atoms with Crippen LogP contribution >= 0.6 is 12.2 Å². The van der Waals surface area contributed by atoms with Crippen LogP contribution in [0.5, 0.6) is 0 Å². The summed E-state index contributed by atoms with van der Waals surface area (Å²) >= 11 is 5.33. The van der Waals surface area contributed by atoms with E-state index in [-0.39, 0.29) is 6.04 Å². The number of halogens is 3. The summed E-state index contributed by atoms with van der Waals surface area (Å²) in [6.07, 6.45) is -3.45. The SMILES string of the molecule is CC(C)CC(NC(=S)Nc1ccc(C(F)(F)F)cc1)c1ccccc1. The van der Waals surface area contributed by atoms with Gasteiger partial charge >= 0.3 is 6.18 Å². The summed E-state index contributed by atoms with van der Waals surface area (Å²) < 4.78 is 37.8. The summed E-state index contributed by atoms with van der Waals surface area (Å²) in [6, 6.07) is 14.8. The van der Waals surface area contributed by atoms with Gasteiger partial charge in [-0.05, 0) is 54.4 Å². The molecule has 0 saturated heterocycles. The molecular weight excluding hydrogens is 345 g/mol. The Morgan fingerprint density at radius 2 is 1.60 bits per heavy atom. The monoisotopic (exact) mass is 366 g/mol. The Balaban J connectivity index is 2.03. The van der Waals surface area contributed by atoms with Crippen LogP contribution in [0.3, 0.4) is 0 Å². The Morgan fingerprint density at radius 3 is 2.12 bits per heavy atom. The van der Waals surface area contributed by atoms with Gasteiger partial charge < -0.3 is 10.6 Å². The zero-order valence-electron chi connectivity index (χ0n) is 14.1. The van der Waals surface area contributed by atoms with Gasteiger partial charge in [0, 0.05) is 5.69 Å². The van der Waals surface area contributed by atoms with Gasteiger partial charge in [-0.15, -0.1) is 0 Å². The molecule has 6 heteroatoms. The standard InChI is InChI=1S/C19H21F3N2S/c1-13(2)12-17(14-6-4-3-5-7-14)24-18(25)23-16-10-8-15(9-11-16)19(20,21)22/h3-11,13,17H,12H2,1-2H3,(H2,23,24,25). The molecular formula is C19H21F3N2S. The van der Waals surface area contributed by atoms with E-state index in [0.29, 0.717) is 16.7 Å². The molecule has 0 heterocycles. The first-order valence-electron chi connectivity index (χ1n) is 8.05. The van der Waals surface area contributed by atoms with Crippen LogP contribution in [0, 0.1) is 5.92 Å². The molecule has 2 rings (SSSR count). The zero-order chi connectivity index (χ0) is 18.4. The van der Waals surface area contributed by atoms with Gasteiger partial charge in [0.2, 0.25) is 0 Å². The third-order valence-electron chi connectivity index (χ3n) is 3.68. The predicted molar refractivity (Wildman–Crippen MR) is 99.4 cm³/mol. The van der Waals surface area contributed by atoms with Crippen molar-refractivity contribution in [3.8, 4) is 0 Å². The van der Waals surface area contributed by atoms with Crippen LogP contribution in [0.25, 0.3) is 0 Å². The fourth-order valence-corrected chi connectivity index (χ4v) is 2.76. The first kappa shape index (κ1) is 19.2. The Hall–Kier alpha value is -2.08. The van der Waals surface area contributed by atoms with Crippen molar-refractivity contribution < 1.29 is 13.2 Å². The van der Waals surface area contributed by atoms with Gasteiger partial charge in [0.25, 0.3) is 0 Å². The molecule has 0 aromatic heterocycles. The molecule has 25 heavy (non-hydrogen) atoms. The summed E-state index contributed by atoms with van der Waals surface area (Å²) in [5, 5.41) is 6.59. The van der Waals surface area contributed by atoms with Crippen LogP contribution in [0.15, 0.2) is 54.6 Å². The average molecular weight is 366 g/mol. The van der Waals surface area contributed by atoms with E-state index in [0.717, 1.165) is 24.1 Å². The van der Waals surface area contributed by atoms with E-state index >= 15 is 0 Å². The minimum Gasteiger partial charge on any atom is -0.356 e. The van der Waals surface area contributed by atoms with Crippen molar-refractivity contribution in [1.29, 1.82) is 0 Å². The first-order chi connectivity index (χ1) is 11.8. The first-order valence-corrected chi connectivity index (χ1v) is 8.46. The van der Waals surface area contributed by atoms with Crippen molar-refractivity contribution in [3.05, 3.63) is 65.7 Å². The molecule has 0 spiro atoms. The molecule has 2 nitrogen and oxygen atoms in total. The lowest BCUT2D eigenvalue weighted by atomic mass is 9.97. The molecule has 0 aliphatic heterocycles. The Kier molecular flexibility index (Phi) is 6.42. The van der Waals surface area contributed by atoms with Crippen LogP contribution in [0.4, 0.5) is 18.9 Å². The smallest absolute Gasteiger partial charge is 0.356 e. The molecule has 2 aromatic rings. The maximum atomic E-state index is 12.6. The van der Waals surface area contributed by atoms with Crippen LogP contribution in [0.2, 0.25) is 0 Å². The molecule has 2 aromatic carbocycles. The Bertz CT molecular complexity index is 682. The van der Waals surface area contributed by atoms with Crippen molar-refractivity contribution >= 4 is 23.0 Å². The largest absolute Gasteiger partial charge is 0.416 e. The molecule has 0 aliphatic carbocycles. The van der Waals surface area contributed by atoms with Crippen molar-refractivity contribution in [3.63, 3.8) is 0 Å². The lowest BCUT2D eigenvalue weighted by molar-refractivity contribution is -0.137. The molecule has 1 atom stereocenters. The van der Waals surface area contributed by atoms with E-state index < -0.39 is 11.7 Å². The van der Waals surface area contributed by atoms with Crippen LogP contribution in [-0.2, 0) is 6.18 Å². The maximum absolute atomic E-state index is 12.6. The average Bonchev–Trinajstić information content (AvgIpc) is 2.54. The minimum atomic E-state index is -4.34. The normalized spacial score (nSPS) is 12.7. The van der Waals surface area contributed by atoms with E-state index in [2.05, 4.69) is 24.5 Å². The molecule has 0 amide bonds. The number of benzene rings is 2. The van der Waals surface area contributed by atoms with Crippen LogP contribution in [0.1, 0.15) is 37.4 Å². The predicted octanol–water partition coefficient (Wildman–Crippen LogP) is 5.78. The molecule has 134 valence electrons. The van der Waals surface area contributed by atoms with E-state index in [1.165, 1.54) is 12.1 Å². The van der Waals surface area contributed by atoms with Gasteiger partial charge in [-0.1, -0.05) is 44.2 Å². The highest BCUT2D eigenvalue weighted by molar-refractivity contribution is 7.80. The molecule has 0 radical (unpaired) electrons. The van der Waals surface area contributed by atoms with Gasteiger partial charge in [-0.25, -0.2) is 0 Å².